The first-order valence-electron chi connectivity index (χ1n) is 5.98. The number of hydrogen-bond donors (Lipinski definition) is 2. The zero-order valence-corrected chi connectivity index (χ0v) is 12.1. The fourth-order valence-corrected chi connectivity index (χ4v) is 3.22. The highest BCUT2D eigenvalue weighted by Gasteiger charge is 2.34. The lowest BCUT2D eigenvalue weighted by Crippen LogP contribution is -2.49. The molecular formula is C11H20ClN3O2S. The van der Waals surface area contributed by atoms with Crippen LogP contribution in [0, 0.1) is 5.92 Å². The normalized spacial score (nSPS) is 24.3. The Morgan fingerprint density at radius 2 is 2.17 bits per heavy atom. The molecule has 0 aromatic heterocycles. The fourth-order valence-electron chi connectivity index (χ4n) is 2.00. The van der Waals surface area contributed by atoms with Gasteiger partial charge in [-0.25, -0.2) is 0 Å². The quantitative estimate of drug-likeness (QED) is 0.775. The van der Waals surface area contributed by atoms with Crippen LogP contribution in [0.25, 0.3) is 0 Å². The van der Waals surface area contributed by atoms with Gasteiger partial charge in [-0.1, -0.05) is 0 Å². The van der Waals surface area contributed by atoms with E-state index in [1.165, 1.54) is 19.8 Å². The van der Waals surface area contributed by atoms with Crippen LogP contribution in [0.4, 0.5) is 0 Å². The molecule has 2 atom stereocenters. The lowest BCUT2D eigenvalue weighted by atomic mass is 10.2. The van der Waals surface area contributed by atoms with Crippen molar-refractivity contribution in [1.29, 1.82) is 0 Å². The Kier molecular flexibility index (Phi) is 5.75. The van der Waals surface area contributed by atoms with Gasteiger partial charge in [0.05, 0.1) is 5.88 Å². The summed E-state index contributed by atoms with van der Waals surface area (Å²) in [6.45, 7) is 2.03. The van der Waals surface area contributed by atoms with Gasteiger partial charge in [-0.05, 0) is 18.8 Å². The van der Waals surface area contributed by atoms with Crippen molar-refractivity contribution in [3.05, 3.63) is 0 Å². The number of amides is 2. The zero-order valence-electron chi connectivity index (χ0n) is 10.4. The van der Waals surface area contributed by atoms with Crippen LogP contribution in [0.5, 0.6) is 0 Å². The first-order chi connectivity index (χ1) is 8.09. The molecular weight excluding hydrogens is 274 g/mol. The van der Waals surface area contributed by atoms with Gasteiger partial charge in [0.1, 0.15) is 6.04 Å². The predicted octanol–water partition coefficient (Wildman–Crippen LogP) is 0.183. The molecule has 5 nitrogen and oxygen atoms in total. The molecule has 0 bridgehead atoms. The number of rotatable bonds is 4. The van der Waals surface area contributed by atoms with Gasteiger partial charge < -0.3 is 16.0 Å². The molecule has 1 saturated heterocycles. The zero-order chi connectivity index (χ0) is 12.4. The van der Waals surface area contributed by atoms with Crippen molar-refractivity contribution in [3.63, 3.8) is 0 Å². The molecule has 0 aromatic carbocycles. The first kappa shape index (κ1) is 15.6. The SMILES string of the molecule is CC(=O)N1CSCC1C(=O)NCC(N)C1CC1.Cl. The molecule has 1 aliphatic carbocycles. The van der Waals surface area contributed by atoms with Gasteiger partial charge in [-0.3, -0.25) is 9.59 Å². The Morgan fingerprint density at radius 1 is 1.50 bits per heavy atom. The molecule has 2 aliphatic rings. The number of nitrogens with zero attached hydrogens (tertiary/aromatic N) is 1. The van der Waals surface area contributed by atoms with Crippen molar-refractivity contribution < 1.29 is 9.59 Å². The number of hydrogen-bond acceptors (Lipinski definition) is 4. The van der Waals surface area contributed by atoms with Crippen LogP contribution >= 0.6 is 24.2 Å². The third-order valence-corrected chi connectivity index (χ3v) is 4.34. The van der Waals surface area contributed by atoms with Crippen molar-refractivity contribution >= 4 is 36.0 Å². The van der Waals surface area contributed by atoms with E-state index in [0.29, 0.717) is 24.1 Å². The van der Waals surface area contributed by atoms with E-state index in [1.807, 2.05) is 0 Å². The second kappa shape index (κ2) is 6.63. The summed E-state index contributed by atoms with van der Waals surface area (Å²) in [6.07, 6.45) is 2.35. The Hall–Kier alpha value is -0.460. The van der Waals surface area contributed by atoms with E-state index in [4.69, 9.17) is 5.73 Å². The van der Waals surface area contributed by atoms with E-state index >= 15 is 0 Å². The van der Waals surface area contributed by atoms with Crippen LogP contribution < -0.4 is 11.1 Å². The van der Waals surface area contributed by atoms with Crippen LogP contribution in [-0.2, 0) is 9.59 Å². The van der Waals surface area contributed by atoms with E-state index in [9.17, 15) is 9.59 Å². The standard InChI is InChI=1S/C11H19N3O2S.ClH/c1-7(15)14-6-17-5-10(14)11(16)13-4-9(12)8-2-3-8;/h8-10H,2-6,12H2,1H3,(H,13,16);1H. The van der Waals surface area contributed by atoms with Gasteiger partial charge >= 0.3 is 0 Å². The van der Waals surface area contributed by atoms with Crippen LogP contribution in [-0.4, -0.2) is 47.0 Å². The second-order valence-electron chi connectivity index (χ2n) is 4.75. The molecule has 2 rings (SSSR count). The van der Waals surface area contributed by atoms with Crippen molar-refractivity contribution in [2.24, 2.45) is 11.7 Å². The number of carbonyl (C=O) groups excluding carboxylic acids is 2. The van der Waals surface area contributed by atoms with Gasteiger partial charge in [-0.2, -0.15) is 0 Å². The molecule has 3 N–H and O–H groups in total. The minimum Gasteiger partial charge on any atom is -0.353 e. The Morgan fingerprint density at radius 3 is 2.72 bits per heavy atom. The molecule has 0 aromatic rings. The predicted molar refractivity (Wildman–Crippen MR) is 74.6 cm³/mol. The largest absolute Gasteiger partial charge is 0.353 e. The summed E-state index contributed by atoms with van der Waals surface area (Å²) in [5.41, 5.74) is 5.92. The van der Waals surface area contributed by atoms with Crippen molar-refractivity contribution in [1.82, 2.24) is 10.2 Å². The van der Waals surface area contributed by atoms with Crippen LogP contribution in [0.3, 0.4) is 0 Å². The van der Waals surface area contributed by atoms with E-state index in [0.717, 1.165) is 0 Å². The van der Waals surface area contributed by atoms with E-state index in [-0.39, 0.29) is 36.3 Å². The fraction of sp³-hybridized carbons (Fsp3) is 0.818. The van der Waals surface area contributed by atoms with E-state index in [1.54, 1.807) is 16.7 Å². The summed E-state index contributed by atoms with van der Waals surface area (Å²) >= 11 is 1.61. The van der Waals surface area contributed by atoms with Gasteiger partial charge in [0, 0.05) is 25.3 Å². The maximum atomic E-state index is 11.9. The van der Waals surface area contributed by atoms with Crippen LogP contribution in [0.2, 0.25) is 0 Å². The molecule has 7 heteroatoms. The lowest BCUT2D eigenvalue weighted by Gasteiger charge is -2.22. The summed E-state index contributed by atoms with van der Waals surface area (Å²) in [4.78, 5) is 24.9. The van der Waals surface area contributed by atoms with E-state index < -0.39 is 0 Å². The summed E-state index contributed by atoms with van der Waals surface area (Å²) in [6, 6.07) is -0.248. The molecule has 1 saturated carbocycles. The molecule has 2 amide bonds. The van der Waals surface area contributed by atoms with Gasteiger partial charge in [-0.15, -0.1) is 24.2 Å². The minimum atomic E-state index is -0.316. The molecule has 0 spiro atoms. The van der Waals surface area contributed by atoms with Crippen molar-refractivity contribution in [2.45, 2.75) is 31.8 Å². The molecule has 2 unspecified atom stereocenters. The smallest absolute Gasteiger partial charge is 0.243 e. The van der Waals surface area contributed by atoms with E-state index in [2.05, 4.69) is 5.32 Å². The molecule has 1 heterocycles. The van der Waals surface area contributed by atoms with Gasteiger partial charge in [0.15, 0.2) is 0 Å². The lowest BCUT2D eigenvalue weighted by molar-refractivity contribution is -0.136. The highest BCUT2D eigenvalue weighted by Crippen LogP contribution is 2.31. The Bertz CT molecular complexity index is 325. The average molecular weight is 294 g/mol. The summed E-state index contributed by atoms with van der Waals surface area (Å²) in [5.74, 6) is 1.77. The number of thioether (sulfide) groups is 1. The minimum absolute atomic E-state index is 0. The Balaban J connectivity index is 0.00000162. The topological polar surface area (TPSA) is 75.4 Å². The maximum absolute atomic E-state index is 11.9. The summed E-state index contributed by atoms with van der Waals surface area (Å²) in [7, 11) is 0. The molecule has 2 fully saturated rings. The van der Waals surface area contributed by atoms with Crippen LogP contribution in [0.1, 0.15) is 19.8 Å². The third kappa shape index (κ3) is 3.76. The monoisotopic (exact) mass is 293 g/mol. The number of halogens is 1. The van der Waals surface area contributed by atoms with Gasteiger partial charge in [0.25, 0.3) is 0 Å². The van der Waals surface area contributed by atoms with Gasteiger partial charge in [0.2, 0.25) is 11.8 Å². The summed E-state index contributed by atoms with van der Waals surface area (Å²) < 4.78 is 0. The number of carbonyl (C=O) groups is 2. The number of nitrogens with two attached hydrogens (primary N) is 1. The van der Waals surface area contributed by atoms with Crippen molar-refractivity contribution in [2.75, 3.05) is 18.2 Å². The maximum Gasteiger partial charge on any atom is 0.243 e. The molecule has 104 valence electrons. The summed E-state index contributed by atoms with van der Waals surface area (Å²) in [5, 5.41) is 2.86. The third-order valence-electron chi connectivity index (χ3n) is 3.33. The second-order valence-corrected chi connectivity index (χ2v) is 5.75. The highest BCUT2D eigenvalue weighted by atomic mass is 35.5. The first-order valence-corrected chi connectivity index (χ1v) is 7.13. The molecule has 0 radical (unpaired) electrons. The highest BCUT2D eigenvalue weighted by molar-refractivity contribution is 7.99. The molecule has 18 heavy (non-hydrogen) atoms. The average Bonchev–Trinajstić information content (AvgIpc) is 3.02. The van der Waals surface area contributed by atoms with Crippen LogP contribution in [0.15, 0.2) is 0 Å². The molecule has 1 aliphatic heterocycles. The Labute approximate surface area is 118 Å². The number of nitrogens with one attached hydrogen (secondary N) is 1. The van der Waals surface area contributed by atoms with Crippen molar-refractivity contribution in [3.8, 4) is 0 Å².